The van der Waals surface area contributed by atoms with E-state index in [1.54, 1.807) is 45.0 Å². The number of amides is 2. The number of carbonyl (C=O) groups is 3. The lowest BCUT2D eigenvalue weighted by Gasteiger charge is -2.29. The Balaban J connectivity index is 2.03. The first-order valence-corrected chi connectivity index (χ1v) is 8.72. The number of benzene rings is 1. The summed E-state index contributed by atoms with van der Waals surface area (Å²) in [5, 5.41) is 13.9. The summed E-state index contributed by atoms with van der Waals surface area (Å²) in [6.07, 6.45) is 0.680. The van der Waals surface area contributed by atoms with E-state index in [0.29, 0.717) is 19.4 Å². The fourth-order valence-electron chi connectivity index (χ4n) is 2.89. The first kappa shape index (κ1) is 19.8. The van der Waals surface area contributed by atoms with Crippen molar-refractivity contribution in [1.29, 1.82) is 0 Å². The Morgan fingerprint density at radius 3 is 2.50 bits per heavy atom. The topological polar surface area (TPSA) is 98.8 Å². The Bertz CT molecular complexity index is 654. The van der Waals surface area contributed by atoms with Crippen molar-refractivity contribution < 1.29 is 24.2 Å². The highest BCUT2D eigenvalue weighted by Crippen LogP contribution is 2.21. The van der Waals surface area contributed by atoms with Gasteiger partial charge in [0, 0.05) is 6.54 Å². The van der Waals surface area contributed by atoms with Gasteiger partial charge >= 0.3 is 6.09 Å². The second kappa shape index (κ2) is 8.21. The lowest BCUT2D eigenvalue weighted by molar-refractivity contribution is -0.308. The number of carboxylic acids is 1. The molecule has 7 nitrogen and oxygen atoms in total. The van der Waals surface area contributed by atoms with E-state index in [-0.39, 0.29) is 6.42 Å². The molecule has 1 aromatic carbocycles. The number of likely N-dealkylation sites (tertiary alicyclic amines) is 1. The Hall–Kier alpha value is -2.57. The van der Waals surface area contributed by atoms with Gasteiger partial charge in [-0.3, -0.25) is 9.69 Å². The Morgan fingerprint density at radius 1 is 1.27 bits per heavy atom. The van der Waals surface area contributed by atoms with Gasteiger partial charge in [-0.2, -0.15) is 0 Å². The molecule has 1 fully saturated rings. The molecule has 2 atom stereocenters. The van der Waals surface area contributed by atoms with Crippen molar-refractivity contribution in [2.75, 3.05) is 6.54 Å². The Kier molecular flexibility index (Phi) is 6.23. The van der Waals surface area contributed by atoms with Gasteiger partial charge in [0.05, 0.1) is 12.0 Å². The number of aliphatic carboxylic acids is 1. The van der Waals surface area contributed by atoms with E-state index in [9.17, 15) is 19.5 Å². The minimum absolute atomic E-state index is 0.119. The third kappa shape index (κ3) is 5.47. The molecule has 1 aliphatic rings. The number of carbonyl (C=O) groups excluding carboxylic acids is 3. The molecule has 0 aliphatic carbocycles. The third-order valence-electron chi connectivity index (χ3n) is 4.07. The maximum absolute atomic E-state index is 12.6. The molecule has 26 heavy (non-hydrogen) atoms. The Labute approximate surface area is 153 Å². The molecule has 1 saturated heterocycles. The molecule has 2 rings (SSSR count). The quantitative estimate of drug-likeness (QED) is 0.839. The molecule has 7 heteroatoms. The normalized spacial score (nSPS) is 18.3. The van der Waals surface area contributed by atoms with Gasteiger partial charge in [-0.15, -0.1) is 0 Å². The second-order valence-corrected chi connectivity index (χ2v) is 7.40. The molecule has 0 saturated carbocycles. The van der Waals surface area contributed by atoms with Crippen molar-refractivity contribution in [1.82, 2.24) is 10.2 Å². The molecule has 0 aromatic heterocycles. The van der Waals surface area contributed by atoms with Gasteiger partial charge < -0.3 is 20.0 Å². The lowest BCUT2D eigenvalue weighted by Crippen LogP contribution is -2.55. The van der Waals surface area contributed by atoms with E-state index in [0.717, 1.165) is 5.56 Å². The SMILES string of the molecule is CC(C)(C)OC(=O)N1CCC[C@H]1C(=O)N[C@@H](Cc1ccccc1)C(=O)[O-]. The summed E-state index contributed by atoms with van der Waals surface area (Å²) in [7, 11) is 0. The highest BCUT2D eigenvalue weighted by atomic mass is 16.6. The average molecular weight is 361 g/mol. The van der Waals surface area contributed by atoms with E-state index in [2.05, 4.69) is 5.32 Å². The molecule has 0 unspecified atom stereocenters. The maximum Gasteiger partial charge on any atom is 0.410 e. The summed E-state index contributed by atoms with van der Waals surface area (Å²) in [4.78, 5) is 37.6. The first-order valence-electron chi connectivity index (χ1n) is 8.72. The molecule has 142 valence electrons. The van der Waals surface area contributed by atoms with Crippen LogP contribution in [0.5, 0.6) is 0 Å². The standard InChI is InChI=1S/C19H26N2O5/c1-19(2,3)26-18(25)21-11-7-10-15(21)16(22)20-14(17(23)24)12-13-8-5-4-6-9-13/h4-6,8-9,14-15H,7,10-12H2,1-3H3,(H,20,22)(H,23,24)/p-1/t14-,15-/m0/s1. The van der Waals surface area contributed by atoms with E-state index in [1.807, 2.05) is 6.07 Å². The van der Waals surface area contributed by atoms with Crippen LogP contribution >= 0.6 is 0 Å². The molecule has 1 N–H and O–H groups in total. The van der Waals surface area contributed by atoms with Crippen molar-refractivity contribution >= 4 is 18.0 Å². The van der Waals surface area contributed by atoms with Gasteiger partial charge in [-0.1, -0.05) is 30.3 Å². The fraction of sp³-hybridized carbons (Fsp3) is 0.526. The number of ether oxygens (including phenoxy) is 1. The molecule has 1 heterocycles. The zero-order chi connectivity index (χ0) is 19.3. The molecule has 1 aliphatic heterocycles. The van der Waals surface area contributed by atoms with E-state index in [1.165, 1.54) is 4.90 Å². The summed E-state index contributed by atoms with van der Waals surface area (Å²) in [5.41, 5.74) is 0.110. The summed E-state index contributed by atoms with van der Waals surface area (Å²) in [6, 6.07) is 7.09. The monoisotopic (exact) mass is 361 g/mol. The van der Waals surface area contributed by atoms with Gasteiger partial charge in [0.15, 0.2) is 0 Å². The molecular formula is C19H25N2O5-. The van der Waals surface area contributed by atoms with E-state index < -0.39 is 35.7 Å². The molecule has 0 spiro atoms. The third-order valence-corrected chi connectivity index (χ3v) is 4.07. The highest BCUT2D eigenvalue weighted by molar-refractivity contribution is 5.89. The van der Waals surface area contributed by atoms with Crippen LogP contribution in [-0.4, -0.2) is 47.1 Å². The van der Waals surface area contributed by atoms with Gasteiger partial charge in [0.1, 0.15) is 11.6 Å². The van der Waals surface area contributed by atoms with Crippen molar-refractivity contribution in [2.24, 2.45) is 0 Å². The van der Waals surface area contributed by atoms with Crippen LogP contribution in [0.1, 0.15) is 39.2 Å². The van der Waals surface area contributed by atoms with Crippen LogP contribution in [0.3, 0.4) is 0 Å². The van der Waals surface area contributed by atoms with Crippen LogP contribution in [0.4, 0.5) is 4.79 Å². The summed E-state index contributed by atoms with van der Waals surface area (Å²) in [5.74, 6) is -1.86. The van der Waals surface area contributed by atoms with Crippen LogP contribution in [-0.2, 0) is 20.7 Å². The van der Waals surface area contributed by atoms with Crippen LogP contribution in [0.2, 0.25) is 0 Å². The molecule has 1 aromatic rings. The number of nitrogens with one attached hydrogen (secondary N) is 1. The fourth-order valence-corrected chi connectivity index (χ4v) is 2.89. The molecule has 2 amide bonds. The zero-order valence-electron chi connectivity index (χ0n) is 15.4. The maximum atomic E-state index is 12.6. The van der Waals surface area contributed by atoms with Crippen molar-refractivity contribution in [3.63, 3.8) is 0 Å². The number of nitrogens with zero attached hydrogens (tertiary/aromatic N) is 1. The minimum atomic E-state index is -1.36. The van der Waals surface area contributed by atoms with E-state index in [4.69, 9.17) is 4.74 Å². The minimum Gasteiger partial charge on any atom is -0.548 e. The molecular weight excluding hydrogens is 336 g/mol. The predicted octanol–water partition coefficient (Wildman–Crippen LogP) is 0.863. The van der Waals surface area contributed by atoms with Crippen LogP contribution in [0.25, 0.3) is 0 Å². The number of carboxylic acid groups (broad SMARTS) is 1. The predicted molar refractivity (Wildman–Crippen MR) is 93.0 cm³/mol. The number of hydrogen-bond donors (Lipinski definition) is 1. The van der Waals surface area contributed by atoms with Crippen LogP contribution < -0.4 is 10.4 Å². The largest absolute Gasteiger partial charge is 0.548 e. The van der Waals surface area contributed by atoms with Crippen molar-refractivity contribution in [2.45, 2.75) is 57.7 Å². The summed E-state index contributed by atoms with van der Waals surface area (Å²) >= 11 is 0. The molecule has 0 bridgehead atoms. The van der Waals surface area contributed by atoms with Crippen molar-refractivity contribution in [3.8, 4) is 0 Å². The smallest absolute Gasteiger partial charge is 0.410 e. The zero-order valence-corrected chi connectivity index (χ0v) is 15.4. The number of hydrogen-bond acceptors (Lipinski definition) is 5. The average Bonchev–Trinajstić information content (AvgIpc) is 3.03. The summed E-state index contributed by atoms with van der Waals surface area (Å²) < 4.78 is 5.33. The van der Waals surface area contributed by atoms with Crippen LogP contribution in [0.15, 0.2) is 30.3 Å². The molecule has 0 radical (unpaired) electrons. The van der Waals surface area contributed by atoms with Gasteiger partial charge in [0.25, 0.3) is 0 Å². The second-order valence-electron chi connectivity index (χ2n) is 7.40. The lowest BCUT2D eigenvalue weighted by atomic mass is 10.1. The first-order chi connectivity index (χ1) is 12.2. The Morgan fingerprint density at radius 2 is 1.92 bits per heavy atom. The van der Waals surface area contributed by atoms with E-state index >= 15 is 0 Å². The highest BCUT2D eigenvalue weighted by Gasteiger charge is 2.37. The van der Waals surface area contributed by atoms with Gasteiger partial charge in [-0.25, -0.2) is 4.79 Å². The number of rotatable bonds is 5. The van der Waals surface area contributed by atoms with Gasteiger partial charge in [0.2, 0.25) is 5.91 Å². The summed E-state index contributed by atoms with van der Waals surface area (Å²) in [6.45, 7) is 5.66. The van der Waals surface area contributed by atoms with Crippen LogP contribution in [0, 0.1) is 0 Å². The van der Waals surface area contributed by atoms with Crippen molar-refractivity contribution in [3.05, 3.63) is 35.9 Å². The van der Waals surface area contributed by atoms with Gasteiger partial charge in [-0.05, 0) is 45.6 Å².